The maximum absolute atomic E-state index is 13.7. The van der Waals surface area contributed by atoms with Gasteiger partial charge in [0.1, 0.15) is 5.82 Å². The second-order valence-electron chi connectivity index (χ2n) is 7.02. The van der Waals surface area contributed by atoms with Crippen LogP contribution >= 0.6 is 0 Å². The number of benzene rings is 1. The lowest BCUT2D eigenvalue weighted by atomic mass is 9.91. The van der Waals surface area contributed by atoms with Crippen molar-refractivity contribution in [1.82, 2.24) is 19.9 Å². The lowest BCUT2D eigenvalue weighted by Crippen LogP contribution is -2.40. The molecule has 4 rings (SSSR count). The number of carbonyl (C=O) groups excluding carboxylic acids is 1. The van der Waals surface area contributed by atoms with Gasteiger partial charge in [-0.3, -0.25) is 19.7 Å². The van der Waals surface area contributed by atoms with Gasteiger partial charge in [0.2, 0.25) is 5.91 Å². The van der Waals surface area contributed by atoms with E-state index in [2.05, 4.69) is 15.0 Å². The summed E-state index contributed by atoms with van der Waals surface area (Å²) in [5.41, 5.74) is 3.14. The van der Waals surface area contributed by atoms with Crippen molar-refractivity contribution in [2.24, 2.45) is 0 Å². The van der Waals surface area contributed by atoms with Crippen molar-refractivity contribution in [1.29, 1.82) is 0 Å². The molecule has 1 aliphatic rings. The van der Waals surface area contributed by atoms with Crippen LogP contribution in [-0.4, -0.2) is 38.8 Å². The number of carbonyl (C=O) groups is 1. The number of hydrogen-bond donors (Lipinski definition) is 0. The molecule has 0 radical (unpaired) electrons. The normalized spacial score (nSPS) is 16.8. The number of hydrogen-bond acceptors (Lipinski definition) is 4. The maximum Gasteiger partial charge on any atom is 0.227 e. The van der Waals surface area contributed by atoms with E-state index in [1.54, 1.807) is 30.9 Å². The zero-order valence-corrected chi connectivity index (χ0v) is 15.5. The highest BCUT2D eigenvalue weighted by molar-refractivity contribution is 5.79. The molecule has 1 saturated heterocycles. The molecule has 1 aliphatic heterocycles. The van der Waals surface area contributed by atoms with Crippen LogP contribution in [0.3, 0.4) is 0 Å². The average Bonchev–Trinajstić information content (AvgIpc) is 2.74. The third-order valence-electron chi connectivity index (χ3n) is 5.06. The van der Waals surface area contributed by atoms with Gasteiger partial charge >= 0.3 is 0 Å². The molecule has 0 aliphatic carbocycles. The number of piperidine rings is 1. The van der Waals surface area contributed by atoms with Crippen molar-refractivity contribution >= 4 is 5.91 Å². The Labute approximate surface area is 163 Å². The molecular formula is C22H21FN4O. The topological polar surface area (TPSA) is 59.0 Å². The predicted molar refractivity (Wildman–Crippen MR) is 104 cm³/mol. The summed E-state index contributed by atoms with van der Waals surface area (Å²) < 4.78 is 13.7. The van der Waals surface area contributed by atoms with Gasteiger partial charge in [-0.25, -0.2) is 4.39 Å². The zero-order chi connectivity index (χ0) is 19.3. The Balaban J connectivity index is 1.55. The highest BCUT2D eigenvalue weighted by atomic mass is 19.1. The SMILES string of the molecule is O=C(Cc1cccnc1)N1CCCC(c2nccnc2-c2cccc(F)c2)C1. The number of aromatic nitrogens is 3. The Kier molecular flexibility index (Phi) is 5.37. The molecule has 1 amide bonds. The van der Waals surface area contributed by atoms with Crippen molar-refractivity contribution < 1.29 is 9.18 Å². The van der Waals surface area contributed by atoms with Gasteiger partial charge < -0.3 is 4.90 Å². The molecule has 6 heteroatoms. The summed E-state index contributed by atoms with van der Waals surface area (Å²) >= 11 is 0. The molecule has 3 aromatic rings. The van der Waals surface area contributed by atoms with Crippen LogP contribution in [0.15, 0.2) is 61.2 Å². The van der Waals surface area contributed by atoms with Gasteiger partial charge in [-0.05, 0) is 36.6 Å². The molecule has 3 heterocycles. The first-order valence-corrected chi connectivity index (χ1v) is 9.44. The van der Waals surface area contributed by atoms with Crippen LogP contribution in [-0.2, 0) is 11.2 Å². The largest absolute Gasteiger partial charge is 0.342 e. The summed E-state index contributed by atoms with van der Waals surface area (Å²) in [6.45, 7) is 1.34. The summed E-state index contributed by atoms with van der Waals surface area (Å²) in [6, 6.07) is 10.2. The Morgan fingerprint density at radius 3 is 2.86 bits per heavy atom. The van der Waals surface area contributed by atoms with E-state index in [0.717, 1.165) is 30.6 Å². The molecule has 1 fully saturated rings. The van der Waals surface area contributed by atoms with E-state index in [-0.39, 0.29) is 17.6 Å². The fourth-order valence-corrected chi connectivity index (χ4v) is 3.72. The third kappa shape index (κ3) is 4.06. The van der Waals surface area contributed by atoms with Crippen LogP contribution in [0, 0.1) is 5.82 Å². The summed E-state index contributed by atoms with van der Waals surface area (Å²) in [4.78, 5) is 27.7. The van der Waals surface area contributed by atoms with E-state index in [0.29, 0.717) is 24.2 Å². The van der Waals surface area contributed by atoms with E-state index in [4.69, 9.17) is 0 Å². The number of nitrogens with zero attached hydrogens (tertiary/aromatic N) is 4. The molecule has 142 valence electrons. The lowest BCUT2D eigenvalue weighted by molar-refractivity contribution is -0.131. The summed E-state index contributed by atoms with van der Waals surface area (Å²) in [5, 5.41) is 0. The summed E-state index contributed by atoms with van der Waals surface area (Å²) in [7, 11) is 0. The van der Waals surface area contributed by atoms with Gasteiger partial charge in [-0.15, -0.1) is 0 Å². The lowest BCUT2D eigenvalue weighted by Gasteiger charge is -2.33. The standard InChI is InChI=1S/C22H21FN4O/c23-19-7-1-5-17(13-19)21-22(26-10-9-25-21)18-6-3-11-27(15-18)20(28)12-16-4-2-8-24-14-16/h1-2,4-5,7-10,13-14,18H,3,6,11-12,15H2. The number of pyridine rings is 1. The summed E-state index contributed by atoms with van der Waals surface area (Å²) in [6.07, 6.45) is 8.89. The van der Waals surface area contributed by atoms with Gasteiger partial charge in [-0.2, -0.15) is 0 Å². The van der Waals surface area contributed by atoms with Gasteiger partial charge in [0, 0.05) is 49.4 Å². The second kappa shape index (κ2) is 8.25. The first-order valence-electron chi connectivity index (χ1n) is 9.44. The minimum Gasteiger partial charge on any atom is -0.342 e. The minimum absolute atomic E-state index is 0.0820. The van der Waals surface area contributed by atoms with E-state index < -0.39 is 0 Å². The van der Waals surface area contributed by atoms with Crippen LogP contribution in [0.2, 0.25) is 0 Å². The zero-order valence-electron chi connectivity index (χ0n) is 15.5. The molecular weight excluding hydrogens is 355 g/mol. The average molecular weight is 376 g/mol. The molecule has 0 spiro atoms. The third-order valence-corrected chi connectivity index (χ3v) is 5.06. The summed E-state index contributed by atoms with van der Waals surface area (Å²) in [5.74, 6) is -0.126. The van der Waals surface area contributed by atoms with Gasteiger partial charge in [0.25, 0.3) is 0 Å². The highest BCUT2D eigenvalue weighted by Gasteiger charge is 2.28. The number of halogens is 1. The molecule has 5 nitrogen and oxygen atoms in total. The van der Waals surface area contributed by atoms with E-state index in [1.807, 2.05) is 23.1 Å². The first kappa shape index (κ1) is 18.2. The van der Waals surface area contributed by atoms with Crippen molar-refractivity contribution in [2.75, 3.05) is 13.1 Å². The highest BCUT2D eigenvalue weighted by Crippen LogP contribution is 2.32. The Morgan fingerprint density at radius 2 is 2.04 bits per heavy atom. The first-order chi connectivity index (χ1) is 13.7. The fourth-order valence-electron chi connectivity index (χ4n) is 3.72. The molecule has 28 heavy (non-hydrogen) atoms. The van der Waals surface area contributed by atoms with Crippen molar-refractivity contribution in [3.8, 4) is 11.3 Å². The fraction of sp³-hybridized carbons (Fsp3) is 0.273. The Bertz CT molecular complexity index is 964. The number of rotatable bonds is 4. The van der Waals surface area contributed by atoms with Crippen LogP contribution in [0.25, 0.3) is 11.3 Å². The molecule has 1 unspecified atom stereocenters. The van der Waals surface area contributed by atoms with E-state index in [9.17, 15) is 9.18 Å². The van der Waals surface area contributed by atoms with Crippen molar-refractivity contribution in [2.45, 2.75) is 25.2 Å². The Morgan fingerprint density at radius 1 is 1.14 bits per heavy atom. The van der Waals surface area contributed by atoms with Gasteiger partial charge in [0.05, 0.1) is 17.8 Å². The maximum atomic E-state index is 13.7. The number of likely N-dealkylation sites (tertiary alicyclic amines) is 1. The van der Waals surface area contributed by atoms with Crippen molar-refractivity contribution in [3.63, 3.8) is 0 Å². The van der Waals surface area contributed by atoms with Crippen molar-refractivity contribution in [3.05, 3.63) is 78.3 Å². The molecule has 2 aromatic heterocycles. The molecule has 0 N–H and O–H groups in total. The molecule has 1 atom stereocenters. The monoisotopic (exact) mass is 376 g/mol. The predicted octanol–water partition coefficient (Wildman–Crippen LogP) is 3.63. The van der Waals surface area contributed by atoms with Crippen LogP contribution in [0.1, 0.15) is 30.0 Å². The van der Waals surface area contributed by atoms with E-state index in [1.165, 1.54) is 12.1 Å². The van der Waals surface area contributed by atoms with Gasteiger partial charge in [0.15, 0.2) is 0 Å². The molecule has 0 saturated carbocycles. The molecule has 1 aromatic carbocycles. The van der Waals surface area contributed by atoms with Crippen LogP contribution in [0.4, 0.5) is 4.39 Å². The quantitative estimate of drug-likeness (QED) is 0.698. The second-order valence-corrected chi connectivity index (χ2v) is 7.02. The van der Waals surface area contributed by atoms with E-state index >= 15 is 0 Å². The van der Waals surface area contributed by atoms with Crippen LogP contribution < -0.4 is 0 Å². The van der Waals surface area contributed by atoms with Gasteiger partial charge in [-0.1, -0.05) is 18.2 Å². The Hall–Kier alpha value is -3.15. The number of amides is 1. The smallest absolute Gasteiger partial charge is 0.227 e. The van der Waals surface area contributed by atoms with Crippen LogP contribution in [0.5, 0.6) is 0 Å². The minimum atomic E-state index is -0.300. The molecule has 0 bridgehead atoms.